The molecular weight excluding hydrogens is 731 g/mol. The minimum Gasteiger partial charge on any atom is -0.396 e. The van der Waals surface area contributed by atoms with Crippen LogP contribution in [0.3, 0.4) is 0 Å². The van der Waals surface area contributed by atoms with Crippen molar-refractivity contribution in [2.24, 2.45) is 0 Å². The predicted molar refractivity (Wildman–Crippen MR) is 236 cm³/mol. The molecule has 9 heteroatoms. The van der Waals surface area contributed by atoms with Gasteiger partial charge in [0.2, 0.25) is 0 Å². The molecule has 0 aromatic rings. The van der Waals surface area contributed by atoms with Gasteiger partial charge in [-0.05, 0) is 32.1 Å². The summed E-state index contributed by atoms with van der Waals surface area (Å²) in [6.07, 6.45) is 44.2. The summed E-state index contributed by atoms with van der Waals surface area (Å²) in [4.78, 5) is 17.0. The van der Waals surface area contributed by atoms with E-state index in [1.165, 1.54) is 186 Å². The van der Waals surface area contributed by atoms with E-state index >= 15 is 0 Å². The second-order valence-electron chi connectivity index (χ2n) is 14.6. The van der Waals surface area contributed by atoms with Crippen LogP contribution in [0, 0.1) is 0 Å². The molecule has 0 unspecified atom stereocenters. The molecule has 54 heavy (non-hydrogen) atoms. The van der Waals surface area contributed by atoms with Gasteiger partial charge in [0.05, 0.1) is 6.61 Å². The SMILES string of the molecule is CCCCCCCCCCCCCOP(O)O.CCCCCCCCO.CCCCCCCCO.CCCCCCCCO.CCCCCCCCO.[Ti]. The standard InChI is InChI=1S/C13H29O3P.4C8H18O.Ti/c1-2-3-4-5-6-7-8-9-10-11-12-13-16-17(14)15;4*1-2-3-4-5-6-7-8-9;/h14-15H,2-13H2,1H3;4*9H,2-8H2,1H3;. The van der Waals surface area contributed by atoms with Crippen molar-refractivity contribution in [3.05, 3.63) is 0 Å². The van der Waals surface area contributed by atoms with Gasteiger partial charge in [-0.2, -0.15) is 0 Å². The van der Waals surface area contributed by atoms with Crippen molar-refractivity contribution in [1.29, 1.82) is 0 Å². The molecule has 0 fully saturated rings. The fourth-order valence-corrected chi connectivity index (χ4v) is 5.77. The molecule has 0 atom stereocenters. The molecule has 0 aliphatic carbocycles. The molecule has 0 heterocycles. The number of hydrogen-bond acceptors (Lipinski definition) is 7. The normalized spacial score (nSPS) is 10.2. The first-order valence-electron chi connectivity index (χ1n) is 23.2. The summed E-state index contributed by atoms with van der Waals surface area (Å²) in [6.45, 7) is 13.1. The molecule has 0 bridgehead atoms. The van der Waals surface area contributed by atoms with E-state index in [1.54, 1.807) is 0 Å². The molecule has 6 N–H and O–H groups in total. The molecule has 0 saturated heterocycles. The Kier molecular flexibility index (Phi) is 92.3. The second-order valence-corrected chi connectivity index (χ2v) is 15.4. The first kappa shape index (κ1) is 66.7. The summed E-state index contributed by atoms with van der Waals surface area (Å²) in [5, 5.41) is 33.7. The fourth-order valence-electron chi connectivity index (χ4n) is 5.48. The quantitative estimate of drug-likeness (QED) is 0.0209. The van der Waals surface area contributed by atoms with Gasteiger partial charge in [0, 0.05) is 48.1 Å². The maximum Gasteiger partial charge on any atom is 0.327 e. The smallest absolute Gasteiger partial charge is 0.327 e. The Morgan fingerprint density at radius 1 is 0.278 bits per heavy atom. The molecular formula is C45H101O7PTi. The van der Waals surface area contributed by atoms with Crippen LogP contribution < -0.4 is 0 Å². The van der Waals surface area contributed by atoms with Gasteiger partial charge in [-0.25, -0.2) is 0 Å². The van der Waals surface area contributed by atoms with Crippen LogP contribution in [0.5, 0.6) is 0 Å². The van der Waals surface area contributed by atoms with Crippen LogP contribution in [0.15, 0.2) is 0 Å². The molecule has 0 aromatic heterocycles. The maximum absolute atomic E-state index is 8.51. The number of rotatable bonds is 37. The molecule has 7 nitrogen and oxygen atoms in total. The molecule has 0 aliphatic heterocycles. The number of aliphatic hydroxyl groups excluding tert-OH is 4. The first-order chi connectivity index (χ1) is 25.9. The molecule has 0 amide bonds. The molecule has 332 valence electrons. The molecule has 0 radical (unpaired) electrons. The van der Waals surface area contributed by atoms with Gasteiger partial charge in [0.15, 0.2) is 0 Å². The van der Waals surface area contributed by atoms with Gasteiger partial charge >= 0.3 is 8.60 Å². The third-order valence-electron chi connectivity index (χ3n) is 9.00. The third kappa shape index (κ3) is 94.1. The monoisotopic (exact) mass is 833 g/mol. The summed E-state index contributed by atoms with van der Waals surface area (Å²) in [6, 6.07) is 0. The summed E-state index contributed by atoms with van der Waals surface area (Å²) in [7, 11) is -2.14. The molecule has 0 saturated carbocycles. The summed E-state index contributed by atoms with van der Waals surface area (Å²) in [5.41, 5.74) is 0. The van der Waals surface area contributed by atoms with E-state index in [4.69, 9.17) is 34.7 Å². The largest absolute Gasteiger partial charge is 0.396 e. The van der Waals surface area contributed by atoms with Gasteiger partial charge in [0.1, 0.15) is 0 Å². The molecule has 0 aliphatic rings. The van der Waals surface area contributed by atoms with E-state index in [-0.39, 0.29) is 21.7 Å². The maximum atomic E-state index is 8.51. The van der Waals surface area contributed by atoms with E-state index in [2.05, 4.69) is 34.6 Å². The van der Waals surface area contributed by atoms with Crippen LogP contribution in [0.25, 0.3) is 0 Å². The minimum atomic E-state index is -2.14. The Bertz CT molecular complexity index is 442. The van der Waals surface area contributed by atoms with E-state index < -0.39 is 8.60 Å². The molecule has 0 aromatic carbocycles. The zero-order chi connectivity index (χ0) is 40.6. The van der Waals surface area contributed by atoms with Crippen LogP contribution in [0.4, 0.5) is 0 Å². The van der Waals surface area contributed by atoms with Crippen molar-refractivity contribution in [2.45, 2.75) is 259 Å². The van der Waals surface area contributed by atoms with Gasteiger partial charge in [-0.15, -0.1) is 0 Å². The fraction of sp³-hybridized carbons (Fsp3) is 1.00. The van der Waals surface area contributed by atoms with Crippen LogP contribution in [-0.4, -0.2) is 63.2 Å². The Balaban J connectivity index is -0.000000137. The zero-order valence-corrected chi connectivity index (χ0v) is 39.8. The zero-order valence-electron chi connectivity index (χ0n) is 37.3. The molecule has 0 spiro atoms. The Morgan fingerprint density at radius 2 is 0.444 bits per heavy atom. The van der Waals surface area contributed by atoms with Crippen molar-refractivity contribution < 1.29 is 56.5 Å². The van der Waals surface area contributed by atoms with Crippen molar-refractivity contribution in [3.63, 3.8) is 0 Å². The topological polar surface area (TPSA) is 131 Å². The van der Waals surface area contributed by atoms with Crippen molar-refractivity contribution >= 4 is 8.60 Å². The average molecular weight is 833 g/mol. The van der Waals surface area contributed by atoms with E-state index in [9.17, 15) is 0 Å². The van der Waals surface area contributed by atoms with Gasteiger partial charge in [-0.1, -0.05) is 227 Å². The minimum absolute atomic E-state index is 0. The van der Waals surface area contributed by atoms with Gasteiger partial charge < -0.3 is 34.7 Å². The first-order valence-corrected chi connectivity index (χ1v) is 24.3. The summed E-state index contributed by atoms with van der Waals surface area (Å²) >= 11 is 0. The second kappa shape index (κ2) is 74.8. The van der Waals surface area contributed by atoms with Crippen LogP contribution in [-0.2, 0) is 26.2 Å². The van der Waals surface area contributed by atoms with Crippen LogP contribution in [0.1, 0.15) is 259 Å². The van der Waals surface area contributed by atoms with Crippen molar-refractivity contribution in [1.82, 2.24) is 0 Å². The van der Waals surface area contributed by atoms with Crippen LogP contribution >= 0.6 is 8.60 Å². The van der Waals surface area contributed by atoms with E-state index in [0.717, 1.165) is 38.5 Å². The van der Waals surface area contributed by atoms with Crippen LogP contribution in [0.2, 0.25) is 0 Å². The number of hydrogen-bond donors (Lipinski definition) is 6. The summed E-state index contributed by atoms with van der Waals surface area (Å²) < 4.78 is 4.70. The van der Waals surface area contributed by atoms with E-state index in [1.807, 2.05) is 0 Å². The molecule has 0 rings (SSSR count). The Hall–Kier alpha value is 0.864. The third-order valence-corrected chi connectivity index (χ3v) is 9.41. The van der Waals surface area contributed by atoms with Crippen molar-refractivity contribution in [3.8, 4) is 0 Å². The Labute approximate surface area is 355 Å². The van der Waals surface area contributed by atoms with Gasteiger partial charge in [-0.3, -0.25) is 0 Å². The van der Waals surface area contributed by atoms with E-state index in [0.29, 0.717) is 33.0 Å². The van der Waals surface area contributed by atoms with Gasteiger partial charge in [0.25, 0.3) is 0 Å². The van der Waals surface area contributed by atoms with Crippen molar-refractivity contribution in [2.75, 3.05) is 33.0 Å². The average Bonchev–Trinajstić information content (AvgIpc) is 3.16. The predicted octanol–water partition coefficient (Wildman–Crippen LogP) is 13.9. The number of aliphatic hydroxyl groups is 4. The number of unbranched alkanes of at least 4 members (excludes halogenated alkanes) is 30. The Morgan fingerprint density at radius 3 is 0.611 bits per heavy atom. The summed E-state index contributed by atoms with van der Waals surface area (Å²) in [5.74, 6) is 0.